The topological polar surface area (TPSA) is 114 Å². The number of H-pyrrole nitrogens is 1. The van der Waals surface area contributed by atoms with E-state index < -0.39 is 27.9 Å². The summed E-state index contributed by atoms with van der Waals surface area (Å²) < 4.78 is 28.9. The van der Waals surface area contributed by atoms with Crippen LogP contribution in [0.4, 0.5) is 5.69 Å². The minimum Gasteiger partial charge on any atom is -0.361 e. The van der Waals surface area contributed by atoms with Crippen LogP contribution in [0.1, 0.15) is 17.5 Å². The Morgan fingerprint density at radius 1 is 1.05 bits per heavy atom. The second-order valence-corrected chi connectivity index (χ2v) is 11.4. The number of carbonyl (C=O) groups is 2. The zero-order chi connectivity index (χ0) is 27.0. The Kier molecular flexibility index (Phi) is 6.99. The molecule has 38 heavy (non-hydrogen) atoms. The first-order valence-electron chi connectivity index (χ1n) is 11.6. The van der Waals surface area contributed by atoms with Gasteiger partial charge in [0.25, 0.3) is 5.91 Å². The van der Waals surface area contributed by atoms with Crippen molar-refractivity contribution in [3.8, 4) is 6.07 Å². The third-order valence-electron chi connectivity index (χ3n) is 6.48. The van der Waals surface area contributed by atoms with Crippen molar-refractivity contribution in [3.05, 3.63) is 94.1 Å². The number of hydrogen-bond donors (Lipinski definition) is 1. The van der Waals surface area contributed by atoms with Gasteiger partial charge in [0.1, 0.15) is 10.9 Å². The monoisotopic (exact) mass is 566 g/mol. The smallest absolute Gasteiger partial charge is 0.252 e. The first kappa shape index (κ1) is 25.9. The van der Waals surface area contributed by atoms with Crippen molar-refractivity contribution in [2.24, 2.45) is 0 Å². The van der Waals surface area contributed by atoms with E-state index in [2.05, 4.69) is 4.98 Å². The number of fused-ring (bicyclic) bond motifs is 1. The Morgan fingerprint density at radius 2 is 1.79 bits per heavy atom. The standard InChI is InChI=1S/C27H20Cl2N4O4S/c28-19-7-10-22(29)25(13-19)38(36,37)32(12-11-18-16-31-23-4-2-1-3-21(18)23)24-14-26(34)33(27(24)35)20-8-5-17(15-30)6-9-20/h1-10,13,16,24,31H,11-12,14H2. The van der Waals surface area contributed by atoms with Crippen LogP contribution in [0.15, 0.2) is 77.8 Å². The molecular formula is C27H20Cl2N4O4S. The molecule has 1 aliphatic rings. The average Bonchev–Trinajstić information content (AvgIpc) is 3.45. The molecule has 0 spiro atoms. The molecule has 1 unspecified atom stereocenters. The number of amides is 2. The fourth-order valence-electron chi connectivity index (χ4n) is 4.61. The van der Waals surface area contributed by atoms with Gasteiger partial charge in [-0.1, -0.05) is 41.4 Å². The fourth-order valence-corrected chi connectivity index (χ4v) is 6.93. The molecule has 2 heterocycles. The zero-order valence-electron chi connectivity index (χ0n) is 19.8. The van der Waals surface area contributed by atoms with E-state index in [1.54, 1.807) is 6.20 Å². The van der Waals surface area contributed by atoms with Crippen LogP contribution in [0.3, 0.4) is 0 Å². The number of halogens is 2. The molecule has 1 aromatic heterocycles. The number of para-hydroxylation sites is 1. The van der Waals surface area contributed by atoms with Gasteiger partial charge in [-0.25, -0.2) is 13.3 Å². The van der Waals surface area contributed by atoms with Crippen LogP contribution in [0, 0.1) is 11.3 Å². The molecule has 3 aromatic carbocycles. The molecule has 0 aliphatic carbocycles. The van der Waals surface area contributed by atoms with Crippen LogP contribution in [-0.2, 0) is 26.0 Å². The number of carbonyl (C=O) groups excluding carboxylic acids is 2. The summed E-state index contributed by atoms with van der Waals surface area (Å²) in [7, 11) is -4.35. The van der Waals surface area contributed by atoms with Crippen molar-refractivity contribution < 1.29 is 18.0 Å². The van der Waals surface area contributed by atoms with Crippen LogP contribution < -0.4 is 4.90 Å². The molecule has 0 saturated carbocycles. The Balaban J connectivity index is 1.53. The van der Waals surface area contributed by atoms with Crippen molar-refractivity contribution in [1.29, 1.82) is 5.26 Å². The highest BCUT2D eigenvalue weighted by molar-refractivity contribution is 7.89. The number of aromatic amines is 1. The number of rotatable bonds is 7. The number of nitrogens with one attached hydrogen (secondary N) is 1. The van der Waals surface area contributed by atoms with Gasteiger partial charge in [-0.3, -0.25) is 9.59 Å². The summed E-state index contributed by atoms with van der Waals surface area (Å²) in [6.07, 6.45) is 1.73. The number of anilines is 1. The largest absolute Gasteiger partial charge is 0.361 e. The summed E-state index contributed by atoms with van der Waals surface area (Å²) in [5.41, 5.74) is 2.38. The molecule has 192 valence electrons. The Morgan fingerprint density at radius 3 is 2.53 bits per heavy atom. The van der Waals surface area contributed by atoms with Gasteiger partial charge in [-0.15, -0.1) is 0 Å². The number of hydrogen-bond acceptors (Lipinski definition) is 5. The molecule has 1 N–H and O–H groups in total. The number of aromatic nitrogens is 1. The molecular weight excluding hydrogens is 547 g/mol. The Bertz CT molecular complexity index is 1710. The second-order valence-electron chi connectivity index (χ2n) is 8.75. The summed E-state index contributed by atoms with van der Waals surface area (Å²) in [6, 6.07) is 18.3. The number of nitrogens with zero attached hydrogens (tertiary/aromatic N) is 3. The third-order valence-corrected chi connectivity index (χ3v) is 9.11. The lowest BCUT2D eigenvalue weighted by Crippen LogP contribution is -2.46. The molecule has 0 bridgehead atoms. The van der Waals surface area contributed by atoms with Crippen molar-refractivity contribution in [3.63, 3.8) is 0 Å². The Hall–Kier alpha value is -3.68. The molecule has 1 fully saturated rings. The van der Waals surface area contributed by atoms with Gasteiger partial charge < -0.3 is 4.98 Å². The molecule has 1 saturated heterocycles. The van der Waals surface area contributed by atoms with Crippen molar-refractivity contribution in [2.45, 2.75) is 23.8 Å². The molecule has 4 aromatic rings. The number of nitriles is 1. The minimum atomic E-state index is -4.35. The SMILES string of the molecule is N#Cc1ccc(N2C(=O)CC(N(CCc3c[nH]c4ccccc34)S(=O)(=O)c3cc(Cl)ccc3Cl)C2=O)cc1. The van der Waals surface area contributed by atoms with Gasteiger partial charge in [-0.05, 0) is 60.5 Å². The average molecular weight is 567 g/mol. The van der Waals surface area contributed by atoms with E-state index in [1.807, 2.05) is 30.3 Å². The normalized spacial score (nSPS) is 15.9. The van der Waals surface area contributed by atoms with Crippen LogP contribution in [-0.4, -0.2) is 42.1 Å². The summed E-state index contributed by atoms with van der Waals surface area (Å²) in [5.74, 6) is -1.23. The third kappa shape index (κ3) is 4.68. The number of benzene rings is 3. The first-order valence-corrected chi connectivity index (χ1v) is 13.8. The lowest BCUT2D eigenvalue weighted by Gasteiger charge is -2.27. The second kappa shape index (κ2) is 10.2. The zero-order valence-corrected chi connectivity index (χ0v) is 22.1. The van der Waals surface area contributed by atoms with Crippen LogP contribution in [0.2, 0.25) is 10.0 Å². The van der Waals surface area contributed by atoms with E-state index >= 15 is 0 Å². The lowest BCUT2D eigenvalue weighted by atomic mass is 10.1. The highest BCUT2D eigenvalue weighted by Gasteiger charge is 2.47. The van der Waals surface area contributed by atoms with E-state index in [4.69, 9.17) is 28.5 Å². The van der Waals surface area contributed by atoms with Crippen molar-refractivity contribution in [2.75, 3.05) is 11.4 Å². The van der Waals surface area contributed by atoms with E-state index in [0.29, 0.717) is 5.56 Å². The summed E-state index contributed by atoms with van der Waals surface area (Å²) in [5, 5.41) is 10.1. The molecule has 5 rings (SSSR count). The van der Waals surface area contributed by atoms with E-state index in [1.165, 1.54) is 42.5 Å². The lowest BCUT2D eigenvalue weighted by molar-refractivity contribution is -0.122. The molecule has 2 amide bonds. The molecule has 1 aliphatic heterocycles. The van der Waals surface area contributed by atoms with Gasteiger partial charge in [0.2, 0.25) is 15.9 Å². The maximum atomic E-state index is 14.0. The van der Waals surface area contributed by atoms with E-state index in [9.17, 15) is 18.0 Å². The molecule has 8 nitrogen and oxygen atoms in total. The van der Waals surface area contributed by atoms with Crippen LogP contribution in [0.5, 0.6) is 0 Å². The van der Waals surface area contributed by atoms with Gasteiger partial charge in [0.15, 0.2) is 0 Å². The number of imide groups is 1. The van der Waals surface area contributed by atoms with Gasteiger partial charge in [0.05, 0.1) is 28.8 Å². The van der Waals surface area contributed by atoms with Gasteiger partial charge in [-0.2, -0.15) is 9.57 Å². The predicted molar refractivity (Wildman–Crippen MR) is 144 cm³/mol. The summed E-state index contributed by atoms with van der Waals surface area (Å²) >= 11 is 12.4. The summed E-state index contributed by atoms with van der Waals surface area (Å²) in [4.78, 5) is 30.5. The highest BCUT2D eigenvalue weighted by atomic mass is 35.5. The van der Waals surface area contributed by atoms with Gasteiger partial charge in [0, 0.05) is 28.7 Å². The van der Waals surface area contributed by atoms with Crippen molar-refractivity contribution >= 4 is 61.6 Å². The molecule has 0 radical (unpaired) electrons. The molecule has 1 atom stereocenters. The maximum Gasteiger partial charge on any atom is 0.252 e. The quantitative estimate of drug-likeness (QED) is 0.319. The number of sulfonamides is 1. The van der Waals surface area contributed by atoms with E-state index in [-0.39, 0.29) is 40.0 Å². The Labute approximate surface area is 229 Å². The summed E-state index contributed by atoms with van der Waals surface area (Å²) in [6.45, 7) is -0.0854. The van der Waals surface area contributed by atoms with Crippen LogP contribution in [0.25, 0.3) is 10.9 Å². The van der Waals surface area contributed by atoms with Gasteiger partial charge >= 0.3 is 0 Å². The fraction of sp³-hybridized carbons (Fsp3) is 0.148. The predicted octanol–water partition coefficient (Wildman–Crippen LogP) is 4.91. The van der Waals surface area contributed by atoms with Crippen molar-refractivity contribution in [1.82, 2.24) is 9.29 Å². The van der Waals surface area contributed by atoms with E-state index in [0.717, 1.165) is 25.7 Å². The molecule has 11 heteroatoms. The van der Waals surface area contributed by atoms with Crippen LogP contribution >= 0.6 is 23.2 Å². The minimum absolute atomic E-state index is 0.0489. The maximum absolute atomic E-state index is 14.0. The highest BCUT2D eigenvalue weighted by Crippen LogP contribution is 2.33. The first-order chi connectivity index (χ1) is 18.2.